The van der Waals surface area contributed by atoms with Crippen LogP contribution in [0.1, 0.15) is 48.1 Å². The van der Waals surface area contributed by atoms with Crippen LogP contribution in [0.2, 0.25) is 0 Å². The van der Waals surface area contributed by atoms with Gasteiger partial charge >= 0.3 is 5.97 Å². The molecule has 1 N–H and O–H groups in total. The van der Waals surface area contributed by atoms with Gasteiger partial charge in [0.1, 0.15) is 0 Å². The van der Waals surface area contributed by atoms with Crippen molar-refractivity contribution in [1.82, 2.24) is 9.88 Å². The lowest BCUT2D eigenvalue weighted by Crippen LogP contribution is -2.40. The van der Waals surface area contributed by atoms with Gasteiger partial charge in [0.25, 0.3) is 0 Å². The third kappa shape index (κ3) is 3.12. The molecule has 6 heteroatoms. The summed E-state index contributed by atoms with van der Waals surface area (Å²) in [6, 6.07) is 0. The van der Waals surface area contributed by atoms with Crippen molar-refractivity contribution in [3.63, 3.8) is 0 Å². The minimum Gasteiger partial charge on any atom is -0.476 e. The second-order valence-corrected chi connectivity index (χ2v) is 6.02. The predicted octanol–water partition coefficient (Wildman–Crippen LogP) is 2.20. The fourth-order valence-corrected chi connectivity index (χ4v) is 3.25. The number of carboxylic acid groups (broad SMARTS) is 1. The van der Waals surface area contributed by atoms with Crippen LogP contribution in [0, 0.1) is 5.92 Å². The highest BCUT2D eigenvalue weighted by Gasteiger charge is 2.27. The summed E-state index contributed by atoms with van der Waals surface area (Å²) >= 11 is 1.40. The van der Waals surface area contributed by atoms with Crippen molar-refractivity contribution in [3.8, 4) is 0 Å². The van der Waals surface area contributed by atoms with Gasteiger partial charge in [-0.05, 0) is 12.8 Å². The maximum absolute atomic E-state index is 11.9. The van der Waals surface area contributed by atoms with Crippen molar-refractivity contribution in [2.45, 2.75) is 32.6 Å². The number of carbonyl (C=O) groups excluding carboxylic acids is 1. The van der Waals surface area contributed by atoms with E-state index in [4.69, 9.17) is 5.11 Å². The highest BCUT2D eigenvalue weighted by molar-refractivity contribution is 7.09. The van der Waals surface area contributed by atoms with Crippen LogP contribution >= 0.6 is 11.3 Å². The number of carboxylic acids is 1. The number of hydrogen-bond acceptors (Lipinski definition) is 4. The lowest BCUT2D eigenvalue weighted by Gasteiger charge is -2.32. The highest BCUT2D eigenvalue weighted by Crippen LogP contribution is 2.30. The molecule has 0 saturated carbocycles. The van der Waals surface area contributed by atoms with Gasteiger partial charge < -0.3 is 10.0 Å². The smallest absolute Gasteiger partial charge is 0.355 e. The van der Waals surface area contributed by atoms with Gasteiger partial charge in [-0.2, -0.15) is 0 Å². The second-order valence-electron chi connectivity index (χ2n) is 5.13. The molecule has 5 nitrogen and oxygen atoms in total. The Morgan fingerprint density at radius 3 is 2.53 bits per heavy atom. The molecule has 1 aromatic heterocycles. The Morgan fingerprint density at radius 2 is 2.05 bits per heavy atom. The molecule has 0 radical (unpaired) electrons. The number of likely N-dealkylation sites (tertiary alicyclic amines) is 1. The summed E-state index contributed by atoms with van der Waals surface area (Å²) < 4.78 is 0. The molecule has 1 aliphatic heterocycles. The Bertz CT molecular complexity index is 476. The maximum Gasteiger partial charge on any atom is 0.355 e. The van der Waals surface area contributed by atoms with E-state index in [1.807, 2.05) is 18.7 Å². The van der Waals surface area contributed by atoms with Crippen molar-refractivity contribution < 1.29 is 14.7 Å². The van der Waals surface area contributed by atoms with Crippen LogP contribution in [0.4, 0.5) is 0 Å². The first-order chi connectivity index (χ1) is 8.99. The number of aromatic carboxylic acids is 1. The van der Waals surface area contributed by atoms with E-state index in [0.29, 0.717) is 0 Å². The molecule has 2 rings (SSSR count). The largest absolute Gasteiger partial charge is 0.476 e. The summed E-state index contributed by atoms with van der Waals surface area (Å²) in [6.45, 7) is 5.30. The lowest BCUT2D eigenvalue weighted by atomic mass is 9.96. The van der Waals surface area contributed by atoms with Crippen LogP contribution < -0.4 is 0 Å². The van der Waals surface area contributed by atoms with Crippen LogP contribution in [-0.4, -0.2) is 40.0 Å². The number of piperidine rings is 1. The van der Waals surface area contributed by atoms with Gasteiger partial charge in [-0.3, -0.25) is 4.79 Å². The molecule has 0 bridgehead atoms. The van der Waals surface area contributed by atoms with Gasteiger partial charge in [0.2, 0.25) is 5.91 Å². The van der Waals surface area contributed by atoms with Crippen LogP contribution in [0.15, 0.2) is 5.38 Å². The number of nitrogens with zero attached hydrogens (tertiary/aromatic N) is 2. The molecule has 0 unspecified atom stereocenters. The lowest BCUT2D eigenvalue weighted by molar-refractivity contribution is -0.135. The third-order valence-electron chi connectivity index (χ3n) is 3.39. The van der Waals surface area contributed by atoms with E-state index >= 15 is 0 Å². The van der Waals surface area contributed by atoms with Gasteiger partial charge in [-0.15, -0.1) is 11.3 Å². The Kier molecular flexibility index (Phi) is 4.19. The summed E-state index contributed by atoms with van der Waals surface area (Å²) in [5.74, 6) is -0.455. The zero-order valence-electron chi connectivity index (χ0n) is 11.1. The number of rotatable bonds is 3. The molecule has 1 saturated heterocycles. The van der Waals surface area contributed by atoms with Crippen molar-refractivity contribution >= 4 is 23.2 Å². The van der Waals surface area contributed by atoms with Crippen LogP contribution in [0.5, 0.6) is 0 Å². The second kappa shape index (κ2) is 5.69. The van der Waals surface area contributed by atoms with E-state index in [-0.39, 0.29) is 23.4 Å². The van der Waals surface area contributed by atoms with Crippen molar-refractivity contribution in [1.29, 1.82) is 0 Å². The quantitative estimate of drug-likeness (QED) is 0.922. The summed E-state index contributed by atoms with van der Waals surface area (Å²) in [5, 5.41) is 11.3. The number of amides is 1. The molecule has 0 aliphatic carbocycles. The van der Waals surface area contributed by atoms with Gasteiger partial charge in [-0.1, -0.05) is 13.8 Å². The topological polar surface area (TPSA) is 70.5 Å². The summed E-state index contributed by atoms with van der Waals surface area (Å²) in [6.07, 6.45) is 1.73. The minimum atomic E-state index is -0.977. The van der Waals surface area contributed by atoms with Crippen LogP contribution in [-0.2, 0) is 4.79 Å². The Morgan fingerprint density at radius 1 is 1.42 bits per heavy atom. The Labute approximate surface area is 116 Å². The fraction of sp³-hybridized carbons (Fsp3) is 0.615. The molecule has 104 valence electrons. The molecule has 1 aromatic rings. The standard InChI is InChI=1S/C13H18N2O3S/c1-8(2)12(16)15-5-3-9(4-6-15)11-14-10(7-19-11)13(17)18/h7-9H,3-6H2,1-2H3,(H,17,18). The highest BCUT2D eigenvalue weighted by atomic mass is 32.1. The van der Waals surface area contributed by atoms with Crippen LogP contribution in [0.3, 0.4) is 0 Å². The first-order valence-corrected chi connectivity index (χ1v) is 7.34. The van der Waals surface area contributed by atoms with E-state index < -0.39 is 5.97 Å². The monoisotopic (exact) mass is 282 g/mol. The third-order valence-corrected chi connectivity index (χ3v) is 4.40. The molecule has 19 heavy (non-hydrogen) atoms. The molecule has 1 fully saturated rings. The van der Waals surface area contributed by atoms with E-state index in [1.165, 1.54) is 11.3 Å². The molecule has 0 atom stereocenters. The Balaban J connectivity index is 1.96. The van der Waals surface area contributed by atoms with E-state index in [2.05, 4.69) is 4.98 Å². The van der Waals surface area contributed by atoms with E-state index in [9.17, 15) is 9.59 Å². The first kappa shape index (κ1) is 14.0. The molecule has 2 heterocycles. The van der Waals surface area contributed by atoms with Crippen molar-refractivity contribution in [2.75, 3.05) is 13.1 Å². The Hall–Kier alpha value is -1.43. The average molecular weight is 282 g/mol. The minimum absolute atomic E-state index is 0.0371. The van der Waals surface area contributed by atoms with Gasteiger partial charge in [0.05, 0.1) is 5.01 Å². The first-order valence-electron chi connectivity index (χ1n) is 6.46. The van der Waals surface area contributed by atoms with Gasteiger partial charge in [-0.25, -0.2) is 9.78 Å². The molecule has 1 aliphatic rings. The number of thiazole rings is 1. The fourth-order valence-electron chi connectivity index (χ4n) is 2.29. The molecular weight excluding hydrogens is 264 g/mol. The summed E-state index contributed by atoms with van der Waals surface area (Å²) in [7, 11) is 0. The maximum atomic E-state index is 11.9. The zero-order chi connectivity index (χ0) is 14.0. The summed E-state index contributed by atoms with van der Waals surface area (Å²) in [5.41, 5.74) is 0.126. The molecular formula is C13H18N2O3S. The number of hydrogen-bond donors (Lipinski definition) is 1. The molecule has 0 aromatic carbocycles. The SMILES string of the molecule is CC(C)C(=O)N1CCC(c2nc(C(=O)O)cs2)CC1. The van der Waals surface area contributed by atoms with Crippen LogP contribution in [0.25, 0.3) is 0 Å². The van der Waals surface area contributed by atoms with E-state index in [0.717, 1.165) is 30.9 Å². The zero-order valence-corrected chi connectivity index (χ0v) is 11.9. The normalized spacial score (nSPS) is 16.9. The van der Waals surface area contributed by atoms with Gasteiger partial charge in [0, 0.05) is 30.3 Å². The van der Waals surface area contributed by atoms with Crippen molar-refractivity contribution in [3.05, 3.63) is 16.1 Å². The number of carbonyl (C=O) groups is 2. The average Bonchev–Trinajstić information content (AvgIpc) is 2.87. The molecule has 1 amide bonds. The molecule has 0 spiro atoms. The van der Waals surface area contributed by atoms with Gasteiger partial charge in [0.15, 0.2) is 5.69 Å². The predicted molar refractivity (Wildman–Crippen MR) is 72.5 cm³/mol. The summed E-state index contributed by atoms with van der Waals surface area (Å²) in [4.78, 5) is 28.7. The van der Waals surface area contributed by atoms with E-state index in [1.54, 1.807) is 5.38 Å². The number of aromatic nitrogens is 1. The van der Waals surface area contributed by atoms with Crippen molar-refractivity contribution in [2.24, 2.45) is 5.92 Å².